The Hall–Kier alpha value is -3.22. The summed E-state index contributed by atoms with van der Waals surface area (Å²) in [6.45, 7) is 4.74. The molecule has 3 rings (SSSR count). The lowest BCUT2D eigenvalue weighted by Crippen LogP contribution is -2.51. The van der Waals surface area contributed by atoms with E-state index in [0.29, 0.717) is 57.1 Å². The molecule has 0 radical (unpaired) electrons. The average molecular weight is 427 g/mol. The standard InChI is InChI=1S/C24H30N2O5/c1-4-31-20-8-5-18(6-9-20)16-23(27)25-11-13-26(14-12-25)24(28)17-19-7-10-21(29-2)22(15-19)30-3/h5-10,15H,4,11-14,16-17H2,1-3H3. The van der Waals surface area contributed by atoms with Gasteiger partial charge in [0.05, 0.1) is 33.7 Å². The third-order valence-electron chi connectivity index (χ3n) is 5.38. The summed E-state index contributed by atoms with van der Waals surface area (Å²) < 4.78 is 16.0. The molecule has 1 aliphatic rings. The monoisotopic (exact) mass is 426 g/mol. The minimum absolute atomic E-state index is 0.0471. The molecule has 0 unspecified atom stereocenters. The molecule has 0 spiro atoms. The van der Waals surface area contributed by atoms with Gasteiger partial charge in [-0.15, -0.1) is 0 Å². The maximum Gasteiger partial charge on any atom is 0.227 e. The van der Waals surface area contributed by atoms with Crippen LogP contribution in [0, 0.1) is 0 Å². The van der Waals surface area contributed by atoms with E-state index >= 15 is 0 Å². The Morgan fingerprint density at radius 3 is 1.81 bits per heavy atom. The zero-order valence-corrected chi connectivity index (χ0v) is 18.4. The Balaban J connectivity index is 1.49. The molecule has 2 amide bonds. The quantitative estimate of drug-likeness (QED) is 0.649. The van der Waals surface area contributed by atoms with Crippen molar-refractivity contribution < 1.29 is 23.8 Å². The smallest absolute Gasteiger partial charge is 0.227 e. The van der Waals surface area contributed by atoms with Crippen molar-refractivity contribution in [2.24, 2.45) is 0 Å². The number of piperazine rings is 1. The van der Waals surface area contributed by atoms with Gasteiger partial charge in [0.2, 0.25) is 11.8 Å². The van der Waals surface area contributed by atoms with Crippen LogP contribution in [0.1, 0.15) is 18.1 Å². The summed E-state index contributed by atoms with van der Waals surface area (Å²) >= 11 is 0. The molecule has 31 heavy (non-hydrogen) atoms. The van der Waals surface area contributed by atoms with Crippen LogP contribution in [0.15, 0.2) is 42.5 Å². The molecule has 2 aromatic rings. The number of amides is 2. The number of carbonyl (C=O) groups is 2. The summed E-state index contributed by atoms with van der Waals surface area (Å²) in [4.78, 5) is 29.0. The molecule has 0 atom stereocenters. The third-order valence-corrected chi connectivity index (χ3v) is 5.38. The van der Waals surface area contributed by atoms with E-state index in [1.54, 1.807) is 20.3 Å². The lowest BCUT2D eigenvalue weighted by molar-refractivity contribution is -0.138. The van der Waals surface area contributed by atoms with Crippen molar-refractivity contribution in [3.05, 3.63) is 53.6 Å². The Morgan fingerprint density at radius 1 is 0.774 bits per heavy atom. The molecule has 7 nitrogen and oxygen atoms in total. The number of methoxy groups -OCH3 is 2. The summed E-state index contributed by atoms with van der Waals surface area (Å²) in [7, 11) is 3.16. The first-order chi connectivity index (χ1) is 15.0. The summed E-state index contributed by atoms with van der Waals surface area (Å²) in [6, 6.07) is 13.1. The summed E-state index contributed by atoms with van der Waals surface area (Å²) in [5, 5.41) is 0. The van der Waals surface area contributed by atoms with Crippen LogP contribution in [0.4, 0.5) is 0 Å². The highest BCUT2D eigenvalue weighted by Crippen LogP contribution is 2.28. The Bertz CT molecular complexity index is 889. The van der Waals surface area contributed by atoms with Gasteiger partial charge >= 0.3 is 0 Å². The van der Waals surface area contributed by atoms with Gasteiger partial charge in [-0.05, 0) is 42.3 Å². The Morgan fingerprint density at radius 2 is 1.29 bits per heavy atom. The van der Waals surface area contributed by atoms with E-state index in [2.05, 4.69) is 0 Å². The molecule has 1 saturated heterocycles. The van der Waals surface area contributed by atoms with Crippen molar-refractivity contribution in [3.8, 4) is 17.2 Å². The first-order valence-electron chi connectivity index (χ1n) is 10.5. The minimum atomic E-state index is 0.0471. The third kappa shape index (κ3) is 5.90. The lowest BCUT2D eigenvalue weighted by Gasteiger charge is -2.35. The second-order valence-corrected chi connectivity index (χ2v) is 7.38. The SMILES string of the molecule is CCOc1ccc(CC(=O)N2CCN(C(=O)Cc3ccc(OC)c(OC)c3)CC2)cc1. The van der Waals surface area contributed by atoms with Gasteiger partial charge in [-0.25, -0.2) is 0 Å². The van der Waals surface area contributed by atoms with Gasteiger partial charge in [-0.2, -0.15) is 0 Å². The molecule has 1 aliphatic heterocycles. The molecule has 0 saturated carbocycles. The second kappa shape index (κ2) is 10.7. The molecular formula is C24H30N2O5. The number of carbonyl (C=O) groups excluding carboxylic acids is 2. The van der Waals surface area contributed by atoms with Gasteiger partial charge in [0.15, 0.2) is 11.5 Å². The maximum absolute atomic E-state index is 12.7. The van der Waals surface area contributed by atoms with Crippen LogP contribution in [0.25, 0.3) is 0 Å². The zero-order chi connectivity index (χ0) is 22.2. The normalized spacial score (nSPS) is 13.6. The van der Waals surface area contributed by atoms with Gasteiger partial charge in [0.25, 0.3) is 0 Å². The number of nitrogens with zero attached hydrogens (tertiary/aromatic N) is 2. The topological polar surface area (TPSA) is 68.3 Å². The van der Waals surface area contributed by atoms with Crippen molar-refractivity contribution in [1.29, 1.82) is 0 Å². The van der Waals surface area contributed by atoms with Gasteiger partial charge in [0.1, 0.15) is 5.75 Å². The predicted molar refractivity (Wildman–Crippen MR) is 118 cm³/mol. The van der Waals surface area contributed by atoms with Crippen LogP contribution in [0.3, 0.4) is 0 Å². The molecule has 7 heteroatoms. The number of rotatable bonds is 8. The van der Waals surface area contributed by atoms with Crippen LogP contribution in [-0.2, 0) is 22.4 Å². The highest BCUT2D eigenvalue weighted by atomic mass is 16.5. The van der Waals surface area contributed by atoms with E-state index in [4.69, 9.17) is 14.2 Å². The highest BCUT2D eigenvalue weighted by Gasteiger charge is 2.24. The van der Waals surface area contributed by atoms with Gasteiger partial charge in [-0.3, -0.25) is 9.59 Å². The lowest BCUT2D eigenvalue weighted by atomic mass is 10.1. The van der Waals surface area contributed by atoms with Crippen molar-refractivity contribution in [3.63, 3.8) is 0 Å². The molecule has 166 valence electrons. The predicted octanol–water partition coefficient (Wildman–Crippen LogP) is 2.56. The summed E-state index contributed by atoms with van der Waals surface area (Å²) in [5.41, 5.74) is 1.83. The molecule has 0 bridgehead atoms. The van der Waals surface area contributed by atoms with E-state index in [1.165, 1.54) is 0 Å². The zero-order valence-electron chi connectivity index (χ0n) is 18.4. The Labute approximate surface area is 183 Å². The van der Waals surface area contributed by atoms with Crippen molar-refractivity contribution in [1.82, 2.24) is 9.80 Å². The van der Waals surface area contributed by atoms with Crippen LogP contribution in [0.2, 0.25) is 0 Å². The summed E-state index contributed by atoms with van der Waals surface area (Å²) in [6.07, 6.45) is 0.645. The molecule has 2 aromatic carbocycles. The van der Waals surface area contributed by atoms with Crippen LogP contribution in [-0.4, -0.2) is 68.6 Å². The fourth-order valence-electron chi connectivity index (χ4n) is 3.64. The van der Waals surface area contributed by atoms with Crippen molar-refractivity contribution in [2.45, 2.75) is 19.8 Å². The first-order valence-corrected chi connectivity index (χ1v) is 10.5. The molecule has 0 N–H and O–H groups in total. The van der Waals surface area contributed by atoms with Gasteiger partial charge < -0.3 is 24.0 Å². The number of hydrogen-bond donors (Lipinski definition) is 0. The van der Waals surface area contributed by atoms with Crippen LogP contribution >= 0.6 is 0 Å². The van der Waals surface area contributed by atoms with E-state index in [0.717, 1.165) is 16.9 Å². The number of hydrogen-bond acceptors (Lipinski definition) is 5. The van der Waals surface area contributed by atoms with E-state index in [-0.39, 0.29) is 11.8 Å². The van der Waals surface area contributed by atoms with E-state index in [9.17, 15) is 9.59 Å². The van der Waals surface area contributed by atoms with E-state index < -0.39 is 0 Å². The van der Waals surface area contributed by atoms with Crippen molar-refractivity contribution in [2.75, 3.05) is 47.0 Å². The maximum atomic E-state index is 12.7. The minimum Gasteiger partial charge on any atom is -0.494 e. The molecule has 1 fully saturated rings. The number of ether oxygens (including phenoxy) is 3. The Kier molecular flexibility index (Phi) is 7.76. The number of benzene rings is 2. The second-order valence-electron chi connectivity index (χ2n) is 7.38. The molecule has 0 aliphatic carbocycles. The van der Waals surface area contributed by atoms with Crippen molar-refractivity contribution >= 4 is 11.8 Å². The fourth-order valence-corrected chi connectivity index (χ4v) is 3.64. The highest BCUT2D eigenvalue weighted by molar-refractivity contribution is 5.81. The van der Waals surface area contributed by atoms with Gasteiger partial charge in [0, 0.05) is 26.2 Å². The molecule has 0 aromatic heterocycles. The molecule has 1 heterocycles. The summed E-state index contributed by atoms with van der Waals surface area (Å²) in [5.74, 6) is 2.18. The van der Waals surface area contributed by atoms with Gasteiger partial charge in [-0.1, -0.05) is 18.2 Å². The van der Waals surface area contributed by atoms with Crippen LogP contribution < -0.4 is 14.2 Å². The average Bonchev–Trinajstić information content (AvgIpc) is 2.80. The van der Waals surface area contributed by atoms with Crippen LogP contribution in [0.5, 0.6) is 17.2 Å². The van der Waals surface area contributed by atoms with E-state index in [1.807, 2.05) is 53.1 Å². The molecular weight excluding hydrogens is 396 g/mol. The first kappa shape index (κ1) is 22.5. The fraction of sp³-hybridized carbons (Fsp3) is 0.417. The largest absolute Gasteiger partial charge is 0.494 e.